The zero-order valence-corrected chi connectivity index (χ0v) is 15.9. The van der Waals surface area contributed by atoms with Crippen LogP contribution < -0.4 is 5.32 Å². The Morgan fingerprint density at radius 1 is 1.22 bits per heavy atom. The van der Waals surface area contributed by atoms with Crippen molar-refractivity contribution in [3.8, 4) is 0 Å². The Morgan fingerprint density at radius 2 is 2.15 bits per heavy atom. The molecule has 0 unspecified atom stereocenters. The van der Waals surface area contributed by atoms with E-state index >= 15 is 0 Å². The van der Waals surface area contributed by atoms with Crippen LogP contribution >= 0.6 is 12.2 Å². The molecular weight excluding hydrogens is 360 g/mol. The fourth-order valence-corrected chi connectivity index (χ4v) is 3.90. The summed E-state index contributed by atoms with van der Waals surface area (Å²) in [4.78, 5) is 6.75. The molecule has 140 valence electrons. The summed E-state index contributed by atoms with van der Waals surface area (Å²) >= 11 is 5.64. The zero-order valence-electron chi connectivity index (χ0n) is 15.1. The smallest absolute Gasteiger partial charge is 0.170 e. The Kier molecular flexibility index (Phi) is 5.22. The van der Waals surface area contributed by atoms with Crippen LogP contribution in [0.5, 0.6) is 0 Å². The van der Waals surface area contributed by atoms with Gasteiger partial charge in [0.1, 0.15) is 5.76 Å². The van der Waals surface area contributed by atoms with Gasteiger partial charge in [-0.25, -0.2) is 0 Å². The average Bonchev–Trinajstić information content (AvgIpc) is 3.42. The van der Waals surface area contributed by atoms with Crippen molar-refractivity contribution < 1.29 is 9.15 Å². The maximum absolute atomic E-state index is 5.64. The Morgan fingerprint density at radius 3 is 2.89 bits per heavy atom. The van der Waals surface area contributed by atoms with E-state index in [1.54, 1.807) is 13.4 Å². The van der Waals surface area contributed by atoms with E-state index in [1.807, 2.05) is 36.5 Å². The molecule has 1 aliphatic rings. The van der Waals surface area contributed by atoms with Gasteiger partial charge in [0, 0.05) is 31.7 Å². The average molecular weight is 382 g/mol. The molecule has 0 radical (unpaired) electrons. The minimum atomic E-state index is -0.0270. The number of aromatic nitrogens is 2. The fourth-order valence-electron chi connectivity index (χ4n) is 3.57. The summed E-state index contributed by atoms with van der Waals surface area (Å²) in [5, 5.41) is 4.18. The van der Waals surface area contributed by atoms with Crippen molar-refractivity contribution >= 4 is 17.3 Å². The molecule has 4 rings (SSSR count). The third kappa shape index (κ3) is 3.61. The molecule has 0 aliphatic carbocycles. The molecule has 7 heteroatoms. The van der Waals surface area contributed by atoms with Gasteiger partial charge in [-0.05, 0) is 48.6 Å². The lowest BCUT2D eigenvalue weighted by molar-refractivity contribution is 0.162. The molecule has 0 aromatic carbocycles. The van der Waals surface area contributed by atoms with Gasteiger partial charge < -0.3 is 23.9 Å². The molecule has 1 N–H and O–H groups in total. The predicted octanol–water partition coefficient (Wildman–Crippen LogP) is 3.14. The van der Waals surface area contributed by atoms with Crippen LogP contribution in [0.2, 0.25) is 0 Å². The monoisotopic (exact) mass is 382 g/mol. The van der Waals surface area contributed by atoms with E-state index in [2.05, 4.69) is 38.1 Å². The standard InChI is InChI=1S/C20H22N4O2S/c1-25-13-11-24-19(18(22-20(24)27)16-7-2-3-9-21-16)17-8-4-10-23(17)14-15-6-5-12-26-15/h2-10,12,18-19H,11,13-14H2,1H3,(H,22,27)/t18-,19+/m1/s1. The van der Waals surface area contributed by atoms with Crippen molar-refractivity contribution in [2.75, 3.05) is 20.3 Å². The summed E-state index contributed by atoms with van der Waals surface area (Å²) in [7, 11) is 1.71. The van der Waals surface area contributed by atoms with Crippen molar-refractivity contribution in [1.29, 1.82) is 0 Å². The first-order valence-corrected chi connectivity index (χ1v) is 9.33. The molecule has 0 bridgehead atoms. The van der Waals surface area contributed by atoms with Gasteiger partial charge in [-0.3, -0.25) is 4.98 Å². The second-order valence-corrected chi connectivity index (χ2v) is 6.84. The molecule has 3 aromatic heterocycles. The largest absolute Gasteiger partial charge is 0.467 e. The van der Waals surface area contributed by atoms with Crippen molar-refractivity contribution in [2.45, 2.75) is 18.6 Å². The number of methoxy groups -OCH3 is 1. The molecular formula is C20H22N4O2S. The summed E-state index contributed by atoms with van der Waals surface area (Å²) in [6.07, 6.45) is 5.59. The number of thiocarbonyl (C=S) groups is 1. The maximum atomic E-state index is 5.64. The molecule has 1 aliphatic heterocycles. The zero-order chi connectivity index (χ0) is 18.6. The van der Waals surface area contributed by atoms with Gasteiger partial charge in [-0.15, -0.1) is 0 Å². The first kappa shape index (κ1) is 17.8. The summed E-state index contributed by atoms with van der Waals surface area (Å²) in [6, 6.07) is 14.0. The molecule has 3 aromatic rings. The number of hydrogen-bond acceptors (Lipinski definition) is 4. The molecule has 1 fully saturated rings. The minimum absolute atomic E-state index is 0.0208. The van der Waals surface area contributed by atoms with Crippen LogP contribution in [-0.4, -0.2) is 39.8 Å². The third-order valence-corrected chi connectivity index (χ3v) is 5.16. The number of furan rings is 1. The molecule has 0 saturated carbocycles. The van der Waals surface area contributed by atoms with Crippen molar-refractivity contribution in [2.24, 2.45) is 0 Å². The van der Waals surface area contributed by atoms with Gasteiger partial charge in [0.15, 0.2) is 5.11 Å². The normalized spacial score (nSPS) is 19.4. The van der Waals surface area contributed by atoms with E-state index in [0.29, 0.717) is 19.7 Å². The Hall–Kier alpha value is -2.64. The summed E-state index contributed by atoms with van der Waals surface area (Å²) < 4.78 is 13.1. The number of nitrogens with one attached hydrogen (secondary N) is 1. The van der Waals surface area contributed by atoms with E-state index in [-0.39, 0.29) is 12.1 Å². The Labute approximate surface area is 163 Å². The van der Waals surface area contributed by atoms with Crippen LogP contribution in [0.25, 0.3) is 0 Å². The first-order chi connectivity index (χ1) is 13.3. The van der Waals surface area contributed by atoms with E-state index in [4.69, 9.17) is 21.4 Å². The van der Waals surface area contributed by atoms with Gasteiger partial charge in [0.05, 0.1) is 37.2 Å². The van der Waals surface area contributed by atoms with Crippen molar-refractivity contribution in [1.82, 2.24) is 19.8 Å². The fraction of sp³-hybridized carbons (Fsp3) is 0.300. The first-order valence-electron chi connectivity index (χ1n) is 8.92. The van der Waals surface area contributed by atoms with Gasteiger partial charge in [0.2, 0.25) is 0 Å². The van der Waals surface area contributed by atoms with E-state index in [1.165, 1.54) is 0 Å². The highest BCUT2D eigenvalue weighted by molar-refractivity contribution is 7.80. The van der Waals surface area contributed by atoms with Crippen LogP contribution in [0.4, 0.5) is 0 Å². The van der Waals surface area contributed by atoms with Crippen LogP contribution in [0.15, 0.2) is 65.5 Å². The number of pyridine rings is 1. The lowest BCUT2D eigenvalue weighted by Gasteiger charge is -2.28. The van der Waals surface area contributed by atoms with E-state index in [0.717, 1.165) is 22.3 Å². The number of rotatable bonds is 7. The minimum Gasteiger partial charge on any atom is -0.467 e. The maximum Gasteiger partial charge on any atom is 0.170 e. The number of hydrogen-bond donors (Lipinski definition) is 1. The lowest BCUT2D eigenvalue weighted by atomic mass is 10.0. The van der Waals surface area contributed by atoms with Gasteiger partial charge in [-0.2, -0.15) is 0 Å². The summed E-state index contributed by atoms with van der Waals surface area (Å²) in [5.41, 5.74) is 2.13. The molecule has 0 amide bonds. The molecule has 6 nitrogen and oxygen atoms in total. The van der Waals surface area contributed by atoms with Crippen LogP contribution in [0, 0.1) is 0 Å². The van der Waals surface area contributed by atoms with E-state index in [9.17, 15) is 0 Å². The van der Waals surface area contributed by atoms with Crippen LogP contribution in [0.1, 0.15) is 29.2 Å². The predicted molar refractivity (Wildman–Crippen MR) is 106 cm³/mol. The van der Waals surface area contributed by atoms with E-state index < -0.39 is 0 Å². The van der Waals surface area contributed by atoms with Crippen LogP contribution in [-0.2, 0) is 11.3 Å². The highest BCUT2D eigenvalue weighted by atomic mass is 32.1. The second-order valence-electron chi connectivity index (χ2n) is 6.45. The van der Waals surface area contributed by atoms with Gasteiger partial charge >= 0.3 is 0 Å². The van der Waals surface area contributed by atoms with Crippen molar-refractivity contribution in [3.63, 3.8) is 0 Å². The Balaban J connectivity index is 1.71. The quantitative estimate of drug-likeness (QED) is 0.634. The Bertz CT molecular complexity index is 879. The molecule has 27 heavy (non-hydrogen) atoms. The summed E-state index contributed by atoms with van der Waals surface area (Å²) in [6.45, 7) is 1.99. The van der Waals surface area contributed by atoms with Gasteiger partial charge in [0.25, 0.3) is 0 Å². The number of nitrogens with zero attached hydrogens (tertiary/aromatic N) is 3. The number of ether oxygens (including phenoxy) is 1. The summed E-state index contributed by atoms with van der Waals surface area (Å²) in [5.74, 6) is 0.916. The SMILES string of the molecule is COCCN1C(=S)N[C@H](c2ccccn2)[C@@H]1c1cccn1Cc1ccco1. The molecule has 0 spiro atoms. The molecule has 2 atom stereocenters. The van der Waals surface area contributed by atoms with Crippen LogP contribution in [0.3, 0.4) is 0 Å². The van der Waals surface area contributed by atoms with Gasteiger partial charge in [-0.1, -0.05) is 6.07 Å². The molecule has 1 saturated heterocycles. The lowest BCUT2D eigenvalue weighted by Crippen LogP contribution is -2.33. The molecule has 4 heterocycles. The second kappa shape index (κ2) is 7.94. The topological polar surface area (TPSA) is 55.5 Å². The van der Waals surface area contributed by atoms with Crippen molar-refractivity contribution in [3.05, 3.63) is 78.3 Å². The highest BCUT2D eigenvalue weighted by Crippen LogP contribution is 2.38. The third-order valence-electron chi connectivity index (χ3n) is 4.81. The highest BCUT2D eigenvalue weighted by Gasteiger charge is 2.40.